The molecule has 0 radical (unpaired) electrons. The molecule has 0 heterocycles. The highest BCUT2D eigenvalue weighted by Gasteiger charge is 2.08. The molecule has 1 unspecified atom stereocenters. The van der Waals surface area contributed by atoms with Crippen molar-refractivity contribution in [3.63, 3.8) is 0 Å². The van der Waals surface area contributed by atoms with Gasteiger partial charge in [0, 0.05) is 5.92 Å². The molecule has 0 spiro atoms. The van der Waals surface area contributed by atoms with Crippen LogP contribution < -0.4 is 11.3 Å². The molecule has 0 saturated heterocycles. The van der Waals surface area contributed by atoms with Crippen LogP contribution in [0.2, 0.25) is 0 Å². The van der Waals surface area contributed by atoms with Crippen molar-refractivity contribution in [1.29, 1.82) is 0 Å². The first-order valence-electron chi connectivity index (χ1n) is 3.72. The third kappa shape index (κ3) is 3.45. The lowest BCUT2D eigenvalue weighted by atomic mass is 10.0. The first-order chi connectivity index (χ1) is 4.72. The van der Waals surface area contributed by atoms with Crippen LogP contribution in [0.4, 0.5) is 0 Å². The van der Waals surface area contributed by atoms with Crippen LogP contribution >= 0.6 is 0 Å². The van der Waals surface area contributed by atoms with Gasteiger partial charge in [0.2, 0.25) is 5.91 Å². The molecular formula is C7H16N2O. The van der Waals surface area contributed by atoms with Crippen molar-refractivity contribution in [2.24, 2.45) is 11.8 Å². The Morgan fingerprint density at radius 2 is 2.30 bits per heavy atom. The highest BCUT2D eigenvalue weighted by atomic mass is 16.2. The Kier molecular flexibility index (Phi) is 4.94. The first kappa shape index (κ1) is 9.43. The zero-order valence-corrected chi connectivity index (χ0v) is 6.68. The van der Waals surface area contributed by atoms with Crippen molar-refractivity contribution in [2.75, 3.05) is 0 Å². The topological polar surface area (TPSA) is 55.1 Å². The molecule has 1 amide bonds. The van der Waals surface area contributed by atoms with E-state index in [9.17, 15) is 4.79 Å². The standard InChI is InChI=1S/C7H16N2O/c1-3-4-5-6(2)7(10)9-8/h6H,3-5,8H2,1-2H3,(H,9,10). The largest absolute Gasteiger partial charge is 0.294 e. The number of hydrazine groups is 1. The average Bonchev–Trinajstić information content (AvgIpc) is 1.98. The van der Waals surface area contributed by atoms with Crippen LogP contribution in [0, 0.1) is 5.92 Å². The lowest BCUT2D eigenvalue weighted by Crippen LogP contribution is -2.34. The number of amides is 1. The number of hydrogen-bond acceptors (Lipinski definition) is 2. The van der Waals surface area contributed by atoms with Crippen molar-refractivity contribution in [3.8, 4) is 0 Å². The van der Waals surface area contributed by atoms with E-state index in [2.05, 4.69) is 12.3 Å². The summed E-state index contributed by atoms with van der Waals surface area (Å²) < 4.78 is 0. The summed E-state index contributed by atoms with van der Waals surface area (Å²) in [5.74, 6) is 4.94. The molecule has 3 nitrogen and oxygen atoms in total. The lowest BCUT2D eigenvalue weighted by Gasteiger charge is -2.07. The van der Waals surface area contributed by atoms with Gasteiger partial charge in [0.25, 0.3) is 0 Å². The van der Waals surface area contributed by atoms with E-state index in [1.54, 1.807) is 0 Å². The Labute approximate surface area is 62.0 Å². The van der Waals surface area contributed by atoms with Crippen molar-refractivity contribution < 1.29 is 4.79 Å². The zero-order chi connectivity index (χ0) is 7.98. The second-order valence-corrected chi connectivity index (χ2v) is 2.55. The molecule has 0 aromatic heterocycles. The lowest BCUT2D eigenvalue weighted by molar-refractivity contribution is -0.124. The third-order valence-electron chi connectivity index (χ3n) is 1.58. The van der Waals surface area contributed by atoms with Gasteiger partial charge in [-0.3, -0.25) is 10.2 Å². The SMILES string of the molecule is CCCCC(C)C(=O)NN. The fraction of sp³-hybridized carbons (Fsp3) is 0.857. The minimum Gasteiger partial charge on any atom is -0.294 e. The number of rotatable bonds is 4. The molecule has 0 aromatic carbocycles. The van der Waals surface area contributed by atoms with Crippen LogP contribution in [0.1, 0.15) is 33.1 Å². The van der Waals surface area contributed by atoms with Gasteiger partial charge in [0.15, 0.2) is 0 Å². The zero-order valence-electron chi connectivity index (χ0n) is 6.68. The van der Waals surface area contributed by atoms with Crippen molar-refractivity contribution >= 4 is 5.91 Å². The Bertz CT molecular complexity index is 104. The highest BCUT2D eigenvalue weighted by Crippen LogP contribution is 2.06. The van der Waals surface area contributed by atoms with E-state index in [1.807, 2.05) is 6.92 Å². The number of hydrogen-bond donors (Lipinski definition) is 2. The molecule has 10 heavy (non-hydrogen) atoms. The monoisotopic (exact) mass is 144 g/mol. The van der Waals surface area contributed by atoms with E-state index >= 15 is 0 Å². The van der Waals surface area contributed by atoms with Gasteiger partial charge in [-0.2, -0.15) is 0 Å². The fourth-order valence-corrected chi connectivity index (χ4v) is 0.784. The van der Waals surface area contributed by atoms with Crippen molar-refractivity contribution in [2.45, 2.75) is 33.1 Å². The summed E-state index contributed by atoms with van der Waals surface area (Å²) in [6.07, 6.45) is 3.15. The molecule has 0 saturated carbocycles. The maximum atomic E-state index is 10.8. The predicted octanol–water partition coefficient (Wildman–Crippen LogP) is 0.803. The minimum atomic E-state index is -0.0616. The van der Waals surface area contributed by atoms with Gasteiger partial charge >= 0.3 is 0 Å². The van der Waals surface area contributed by atoms with Crippen LogP contribution in [0.15, 0.2) is 0 Å². The fourth-order valence-electron chi connectivity index (χ4n) is 0.784. The molecule has 0 rings (SSSR count). The van der Waals surface area contributed by atoms with Crippen LogP contribution in [-0.2, 0) is 4.79 Å². The highest BCUT2D eigenvalue weighted by molar-refractivity contribution is 5.77. The predicted molar refractivity (Wildman–Crippen MR) is 41.0 cm³/mol. The third-order valence-corrected chi connectivity index (χ3v) is 1.58. The summed E-state index contributed by atoms with van der Waals surface area (Å²) in [6.45, 7) is 3.99. The maximum absolute atomic E-state index is 10.8. The Morgan fingerprint density at radius 3 is 2.70 bits per heavy atom. The number of unbranched alkanes of at least 4 members (excludes halogenated alkanes) is 1. The van der Waals surface area contributed by atoms with Gasteiger partial charge in [-0.25, -0.2) is 5.84 Å². The van der Waals surface area contributed by atoms with Gasteiger partial charge in [-0.15, -0.1) is 0 Å². The number of nitrogens with one attached hydrogen (secondary N) is 1. The molecule has 0 aliphatic heterocycles. The molecule has 0 aliphatic rings. The summed E-state index contributed by atoms with van der Waals surface area (Å²) in [4.78, 5) is 10.8. The molecule has 0 bridgehead atoms. The van der Waals surface area contributed by atoms with Gasteiger partial charge < -0.3 is 0 Å². The van der Waals surface area contributed by atoms with Crippen LogP contribution in [0.3, 0.4) is 0 Å². The number of carbonyl (C=O) groups is 1. The molecule has 1 atom stereocenters. The number of carbonyl (C=O) groups excluding carboxylic acids is 1. The molecule has 3 N–H and O–H groups in total. The molecular weight excluding hydrogens is 128 g/mol. The second-order valence-electron chi connectivity index (χ2n) is 2.55. The molecule has 0 fully saturated rings. The summed E-state index contributed by atoms with van der Waals surface area (Å²) in [5, 5.41) is 0. The molecule has 0 aromatic rings. The minimum absolute atomic E-state index is 0.0601. The van der Waals surface area contributed by atoms with Gasteiger partial charge in [-0.1, -0.05) is 26.7 Å². The molecule has 3 heteroatoms. The molecule has 0 aliphatic carbocycles. The summed E-state index contributed by atoms with van der Waals surface area (Å²) >= 11 is 0. The smallest absolute Gasteiger partial charge is 0.236 e. The summed E-state index contributed by atoms with van der Waals surface area (Å²) in [7, 11) is 0. The van der Waals surface area contributed by atoms with Crippen LogP contribution in [0.5, 0.6) is 0 Å². The van der Waals surface area contributed by atoms with E-state index in [-0.39, 0.29) is 11.8 Å². The maximum Gasteiger partial charge on any atom is 0.236 e. The van der Waals surface area contributed by atoms with Crippen LogP contribution in [-0.4, -0.2) is 5.91 Å². The van der Waals surface area contributed by atoms with Gasteiger partial charge in [0.1, 0.15) is 0 Å². The van der Waals surface area contributed by atoms with Crippen molar-refractivity contribution in [3.05, 3.63) is 0 Å². The summed E-state index contributed by atoms with van der Waals surface area (Å²) in [6, 6.07) is 0. The first-order valence-corrected chi connectivity index (χ1v) is 3.72. The Balaban J connectivity index is 3.41. The Morgan fingerprint density at radius 1 is 1.70 bits per heavy atom. The normalized spacial score (nSPS) is 12.7. The van der Waals surface area contributed by atoms with E-state index in [4.69, 9.17) is 5.84 Å². The summed E-state index contributed by atoms with van der Waals surface area (Å²) in [5.41, 5.74) is 2.13. The number of nitrogens with two attached hydrogens (primary N) is 1. The quantitative estimate of drug-likeness (QED) is 0.348. The van der Waals surface area contributed by atoms with E-state index in [0.29, 0.717) is 0 Å². The van der Waals surface area contributed by atoms with E-state index in [0.717, 1.165) is 19.3 Å². The molecule has 60 valence electrons. The van der Waals surface area contributed by atoms with E-state index in [1.165, 1.54) is 0 Å². The average molecular weight is 144 g/mol. The van der Waals surface area contributed by atoms with Crippen molar-refractivity contribution in [1.82, 2.24) is 5.43 Å². The van der Waals surface area contributed by atoms with E-state index < -0.39 is 0 Å². The van der Waals surface area contributed by atoms with Gasteiger partial charge in [0.05, 0.1) is 0 Å². The van der Waals surface area contributed by atoms with Gasteiger partial charge in [-0.05, 0) is 6.42 Å². The Hall–Kier alpha value is -0.570. The second kappa shape index (κ2) is 5.23. The van der Waals surface area contributed by atoms with Crippen LogP contribution in [0.25, 0.3) is 0 Å².